The van der Waals surface area contributed by atoms with E-state index in [4.69, 9.17) is 0 Å². The van der Waals surface area contributed by atoms with E-state index in [1.165, 1.54) is 6.33 Å². The molecule has 106 valence electrons. The molecule has 7 heteroatoms. The van der Waals surface area contributed by atoms with Crippen LogP contribution in [-0.2, 0) is 11.2 Å². The standard InChI is InChI=1S/C14H13N5OS/c20-13(19-5-10(6-19)14-15-7-17-18-14)4-9-1-2-11-12(3-9)21-8-16-11/h1-3,7-8,10H,4-6H2,(H,15,17,18). The summed E-state index contributed by atoms with van der Waals surface area (Å²) >= 11 is 1.60. The van der Waals surface area contributed by atoms with E-state index in [1.807, 2.05) is 22.5 Å². The number of amides is 1. The van der Waals surface area contributed by atoms with Crippen LogP contribution in [-0.4, -0.2) is 44.1 Å². The molecule has 0 saturated carbocycles. The lowest BCUT2D eigenvalue weighted by atomic mass is 9.98. The number of fused-ring (bicyclic) bond motifs is 1. The first kappa shape index (κ1) is 12.5. The maximum absolute atomic E-state index is 12.3. The molecule has 1 aromatic carbocycles. The second-order valence-corrected chi connectivity index (χ2v) is 6.08. The zero-order valence-electron chi connectivity index (χ0n) is 11.2. The summed E-state index contributed by atoms with van der Waals surface area (Å²) < 4.78 is 1.13. The Morgan fingerprint density at radius 1 is 1.38 bits per heavy atom. The minimum absolute atomic E-state index is 0.162. The second-order valence-electron chi connectivity index (χ2n) is 5.20. The lowest BCUT2D eigenvalue weighted by molar-refractivity contribution is -0.135. The van der Waals surface area contributed by atoms with Gasteiger partial charge in [-0.1, -0.05) is 6.07 Å². The third kappa shape index (κ3) is 2.29. The molecule has 4 rings (SSSR count). The normalized spacial score (nSPS) is 15.3. The van der Waals surface area contributed by atoms with E-state index < -0.39 is 0 Å². The van der Waals surface area contributed by atoms with Gasteiger partial charge in [-0.25, -0.2) is 9.97 Å². The van der Waals surface area contributed by atoms with Crippen molar-refractivity contribution in [3.63, 3.8) is 0 Å². The zero-order chi connectivity index (χ0) is 14.2. The maximum atomic E-state index is 12.3. The van der Waals surface area contributed by atoms with Crippen LogP contribution in [0.2, 0.25) is 0 Å². The second kappa shape index (κ2) is 4.92. The number of hydrogen-bond acceptors (Lipinski definition) is 5. The van der Waals surface area contributed by atoms with Crippen molar-refractivity contribution in [1.82, 2.24) is 25.1 Å². The van der Waals surface area contributed by atoms with E-state index in [0.29, 0.717) is 12.3 Å². The number of carbonyl (C=O) groups is 1. The highest BCUT2D eigenvalue weighted by atomic mass is 32.1. The van der Waals surface area contributed by atoms with Gasteiger partial charge in [-0.05, 0) is 17.7 Å². The Bertz CT molecular complexity index is 776. The van der Waals surface area contributed by atoms with Crippen LogP contribution < -0.4 is 0 Å². The quantitative estimate of drug-likeness (QED) is 0.797. The van der Waals surface area contributed by atoms with Crippen molar-refractivity contribution >= 4 is 27.5 Å². The van der Waals surface area contributed by atoms with E-state index in [-0.39, 0.29) is 5.91 Å². The molecule has 2 aromatic heterocycles. The summed E-state index contributed by atoms with van der Waals surface area (Å²) in [5.41, 5.74) is 3.86. The highest BCUT2D eigenvalue weighted by molar-refractivity contribution is 7.16. The first-order valence-electron chi connectivity index (χ1n) is 6.75. The van der Waals surface area contributed by atoms with E-state index >= 15 is 0 Å². The lowest BCUT2D eigenvalue weighted by Gasteiger charge is -2.38. The average Bonchev–Trinajstić information content (AvgIpc) is 3.06. The van der Waals surface area contributed by atoms with Crippen LogP contribution in [0.4, 0.5) is 0 Å². The number of aromatic amines is 1. The number of rotatable bonds is 3. The van der Waals surface area contributed by atoms with Gasteiger partial charge in [0.15, 0.2) is 0 Å². The number of hydrogen-bond donors (Lipinski definition) is 1. The van der Waals surface area contributed by atoms with E-state index in [1.54, 1.807) is 11.3 Å². The van der Waals surface area contributed by atoms with Gasteiger partial charge in [0.1, 0.15) is 12.2 Å². The summed E-state index contributed by atoms with van der Waals surface area (Å²) in [4.78, 5) is 22.5. The number of H-pyrrole nitrogens is 1. The molecule has 0 bridgehead atoms. The van der Waals surface area contributed by atoms with Crippen LogP contribution in [0.1, 0.15) is 17.3 Å². The Hall–Kier alpha value is -2.28. The first-order chi connectivity index (χ1) is 10.3. The third-order valence-corrected chi connectivity index (χ3v) is 4.60. The van der Waals surface area contributed by atoms with Gasteiger partial charge in [0.2, 0.25) is 5.91 Å². The van der Waals surface area contributed by atoms with Crippen LogP contribution in [0.5, 0.6) is 0 Å². The summed E-state index contributed by atoms with van der Waals surface area (Å²) in [6, 6.07) is 6.01. The number of benzene rings is 1. The van der Waals surface area contributed by atoms with Crippen LogP contribution in [0, 0.1) is 0 Å². The molecule has 1 aliphatic heterocycles. The molecule has 0 radical (unpaired) electrons. The summed E-state index contributed by atoms with van der Waals surface area (Å²) in [5.74, 6) is 1.32. The first-order valence-corrected chi connectivity index (χ1v) is 7.63. The largest absolute Gasteiger partial charge is 0.341 e. The predicted molar refractivity (Wildman–Crippen MR) is 79.0 cm³/mol. The number of carbonyl (C=O) groups excluding carboxylic acids is 1. The SMILES string of the molecule is O=C(Cc1ccc2ncsc2c1)N1CC(c2ncn[nH]2)C1. The van der Waals surface area contributed by atoms with Gasteiger partial charge >= 0.3 is 0 Å². The minimum atomic E-state index is 0.162. The molecule has 3 heterocycles. The van der Waals surface area contributed by atoms with Gasteiger partial charge in [-0.3, -0.25) is 9.89 Å². The van der Waals surface area contributed by atoms with Crippen molar-refractivity contribution in [2.24, 2.45) is 0 Å². The number of aromatic nitrogens is 4. The molecule has 0 unspecified atom stereocenters. The van der Waals surface area contributed by atoms with Crippen molar-refractivity contribution in [3.8, 4) is 0 Å². The van der Waals surface area contributed by atoms with Gasteiger partial charge < -0.3 is 4.90 Å². The molecular formula is C14H13N5OS. The molecule has 0 atom stereocenters. The molecule has 1 saturated heterocycles. The van der Waals surface area contributed by atoms with Gasteiger partial charge in [0.25, 0.3) is 0 Å². The lowest BCUT2D eigenvalue weighted by Crippen LogP contribution is -2.49. The van der Waals surface area contributed by atoms with Crippen molar-refractivity contribution in [1.29, 1.82) is 0 Å². The Balaban J connectivity index is 1.40. The molecule has 21 heavy (non-hydrogen) atoms. The topological polar surface area (TPSA) is 74.8 Å². The number of thiazole rings is 1. The van der Waals surface area contributed by atoms with Crippen LogP contribution in [0.25, 0.3) is 10.2 Å². The van der Waals surface area contributed by atoms with E-state index in [9.17, 15) is 4.79 Å². The summed E-state index contributed by atoms with van der Waals surface area (Å²) in [5, 5.41) is 6.70. The van der Waals surface area contributed by atoms with Gasteiger partial charge in [0, 0.05) is 13.1 Å². The van der Waals surface area contributed by atoms with Crippen LogP contribution >= 0.6 is 11.3 Å². The average molecular weight is 299 g/mol. The highest BCUT2D eigenvalue weighted by Crippen LogP contribution is 2.25. The number of nitrogens with zero attached hydrogens (tertiary/aromatic N) is 4. The molecule has 1 N–H and O–H groups in total. The van der Waals surface area contributed by atoms with Gasteiger partial charge in [0.05, 0.1) is 28.1 Å². The molecule has 6 nitrogen and oxygen atoms in total. The van der Waals surface area contributed by atoms with E-state index in [2.05, 4.69) is 26.2 Å². The van der Waals surface area contributed by atoms with Crippen molar-refractivity contribution < 1.29 is 4.79 Å². The molecule has 1 amide bonds. The number of nitrogens with one attached hydrogen (secondary N) is 1. The van der Waals surface area contributed by atoms with Crippen molar-refractivity contribution in [3.05, 3.63) is 41.4 Å². The molecule has 0 aliphatic carbocycles. The number of likely N-dealkylation sites (tertiary alicyclic amines) is 1. The van der Waals surface area contributed by atoms with Crippen molar-refractivity contribution in [2.45, 2.75) is 12.3 Å². The monoisotopic (exact) mass is 299 g/mol. The summed E-state index contributed by atoms with van der Waals surface area (Å²) in [6.07, 6.45) is 1.95. The van der Waals surface area contributed by atoms with Crippen LogP contribution in [0.3, 0.4) is 0 Å². The van der Waals surface area contributed by atoms with Crippen LogP contribution in [0.15, 0.2) is 30.0 Å². The Morgan fingerprint density at radius 2 is 2.29 bits per heavy atom. The fourth-order valence-corrected chi connectivity index (χ4v) is 3.30. The molecule has 0 spiro atoms. The zero-order valence-corrected chi connectivity index (χ0v) is 12.0. The molecule has 1 aliphatic rings. The Morgan fingerprint density at radius 3 is 3.10 bits per heavy atom. The fraction of sp³-hybridized carbons (Fsp3) is 0.286. The minimum Gasteiger partial charge on any atom is -0.341 e. The molecular weight excluding hydrogens is 286 g/mol. The predicted octanol–water partition coefficient (Wildman–Crippen LogP) is 1.58. The fourth-order valence-electron chi connectivity index (χ4n) is 2.56. The smallest absolute Gasteiger partial charge is 0.227 e. The highest BCUT2D eigenvalue weighted by Gasteiger charge is 2.33. The van der Waals surface area contributed by atoms with Gasteiger partial charge in [-0.15, -0.1) is 11.3 Å². The maximum Gasteiger partial charge on any atom is 0.227 e. The third-order valence-electron chi connectivity index (χ3n) is 3.81. The summed E-state index contributed by atoms with van der Waals surface area (Å²) in [6.45, 7) is 1.44. The van der Waals surface area contributed by atoms with Gasteiger partial charge in [-0.2, -0.15) is 5.10 Å². The Kier molecular flexibility index (Phi) is 2.92. The van der Waals surface area contributed by atoms with E-state index in [0.717, 1.165) is 34.7 Å². The summed E-state index contributed by atoms with van der Waals surface area (Å²) in [7, 11) is 0. The molecule has 1 fully saturated rings. The molecule has 3 aromatic rings. The van der Waals surface area contributed by atoms with Crippen molar-refractivity contribution in [2.75, 3.05) is 13.1 Å². The Labute approximate surface area is 124 Å².